The van der Waals surface area contributed by atoms with Crippen molar-refractivity contribution in [2.75, 3.05) is 0 Å². The lowest BCUT2D eigenvalue weighted by atomic mass is 9.84. The first-order valence-corrected chi connectivity index (χ1v) is 8.30. The number of aryl methyl sites for hydroxylation is 2. The summed E-state index contributed by atoms with van der Waals surface area (Å²) in [5, 5.41) is 0. The van der Waals surface area contributed by atoms with Crippen molar-refractivity contribution in [3.8, 4) is 0 Å². The molecule has 1 heterocycles. The summed E-state index contributed by atoms with van der Waals surface area (Å²) in [5.74, 6) is -0.00330. The van der Waals surface area contributed by atoms with Crippen molar-refractivity contribution in [3.63, 3.8) is 0 Å². The molecule has 7 nitrogen and oxygen atoms in total. The molecule has 130 valence electrons. The predicted octanol–water partition coefficient (Wildman–Crippen LogP) is 2.63. The number of carbonyl (C=O) groups excluding carboxylic acids is 2. The molecule has 8 heteroatoms. The number of benzene rings is 1. The van der Waals surface area contributed by atoms with E-state index in [1.807, 2.05) is 13.8 Å². The second kappa shape index (κ2) is 7.56. The third kappa shape index (κ3) is 3.93. The van der Waals surface area contributed by atoms with E-state index >= 15 is 0 Å². The smallest absolute Gasteiger partial charge is 0.289 e. The Labute approximate surface area is 146 Å². The number of Topliss-reactive ketones (excluding diaryl/α,β-unsaturated/α-hetero) is 2. The highest BCUT2D eigenvalue weighted by molar-refractivity contribution is 7.73. The van der Waals surface area contributed by atoms with Crippen LogP contribution in [-0.2, 0) is 11.4 Å². The SMILES string of the molecule is CC1=C(c2ncc(C)c(C)n2)C(=O)c2ccccc2C1=O.O=S(O)O. The molecule has 1 aliphatic rings. The number of ketones is 2. The predicted molar refractivity (Wildman–Crippen MR) is 92.6 cm³/mol. The summed E-state index contributed by atoms with van der Waals surface area (Å²) in [4.78, 5) is 33.7. The average molecular weight is 360 g/mol. The van der Waals surface area contributed by atoms with Crippen LogP contribution in [0.5, 0.6) is 0 Å². The van der Waals surface area contributed by atoms with Crippen LogP contribution in [-0.4, -0.2) is 34.8 Å². The molecule has 25 heavy (non-hydrogen) atoms. The van der Waals surface area contributed by atoms with E-state index in [0.29, 0.717) is 28.1 Å². The number of hydrogen-bond acceptors (Lipinski definition) is 5. The molecule has 2 N–H and O–H groups in total. The second-order valence-corrected chi connectivity index (χ2v) is 5.86. The van der Waals surface area contributed by atoms with E-state index in [1.165, 1.54) is 0 Å². The van der Waals surface area contributed by atoms with Gasteiger partial charge in [0, 0.05) is 28.6 Å². The van der Waals surface area contributed by atoms with Crippen molar-refractivity contribution in [2.24, 2.45) is 0 Å². The zero-order valence-electron chi connectivity index (χ0n) is 13.8. The van der Waals surface area contributed by atoms with Crippen LogP contribution >= 0.6 is 0 Å². The van der Waals surface area contributed by atoms with Gasteiger partial charge in [0.15, 0.2) is 17.4 Å². The van der Waals surface area contributed by atoms with Crippen LogP contribution in [0.15, 0.2) is 36.0 Å². The number of aromatic nitrogens is 2. The Bertz CT molecular complexity index is 917. The largest absolute Gasteiger partial charge is 0.299 e. The minimum atomic E-state index is -2.61. The van der Waals surface area contributed by atoms with Gasteiger partial charge in [-0.15, -0.1) is 0 Å². The van der Waals surface area contributed by atoms with Crippen molar-refractivity contribution in [3.05, 3.63) is 64.2 Å². The fraction of sp³-hybridized carbons (Fsp3) is 0.176. The van der Waals surface area contributed by atoms with E-state index in [9.17, 15) is 9.59 Å². The molecule has 0 atom stereocenters. The van der Waals surface area contributed by atoms with Gasteiger partial charge in [0.2, 0.25) is 0 Å². The zero-order valence-corrected chi connectivity index (χ0v) is 14.6. The number of rotatable bonds is 1. The highest BCUT2D eigenvalue weighted by Gasteiger charge is 2.31. The molecular formula is C17H16N2O5S. The van der Waals surface area contributed by atoms with Crippen molar-refractivity contribution < 1.29 is 22.9 Å². The Balaban J connectivity index is 0.000000511. The highest BCUT2D eigenvalue weighted by atomic mass is 32.2. The summed E-state index contributed by atoms with van der Waals surface area (Å²) in [6.45, 7) is 5.42. The Morgan fingerprint density at radius 3 is 2.00 bits per heavy atom. The molecule has 0 fully saturated rings. The van der Waals surface area contributed by atoms with Gasteiger partial charge in [-0.2, -0.15) is 4.21 Å². The molecule has 1 aliphatic carbocycles. The summed E-state index contributed by atoms with van der Waals surface area (Å²) >= 11 is -2.61. The number of nitrogens with zero attached hydrogens (tertiary/aromatic N) is 2. The first-order valence-electron chi connectivity index (χ1n) is 7.24. The number of hydrogen-bond donors (Lipinski definition) is 2. The van der Waals surface area contributed by atoms with E-state index in [4.69, 9.17) is 13.3 Å². The average Bonchev–Trinajstić information content (AvgIpc) is 2.56. The fourth-order valence-electron chi connectivity index (χ4n) is 2.42. The maximum Gasteiger partial charge on any atom is 0.299 e. The van der Waals surface area contributed by atoms with Crippen LogP contribution in [0.2, 0.25) is 0 Å². The molecule has 0 amide bonds. The van der Waals surface area contributed by atoms with Gasteiger partial charge in [0.05, 0.1) is 5.57 Å². The molecule has 1 aromatic heterocycles. The van der Waals surface area contributed by atoms with E-state index in [1.54, 1.807) is 37.4 Å². The number of allylic oxidation sites excluding steroid dienone is 2. The lowest BCUT2D eigenvalue weighted by molar-refractivity contribution is 0.0991. The first-order chi connectivity index (χ1) is 11.7. The van der Waals surface area contributed by atoms with E-state index in [2.05, 4.69) is 9.97 Å². The zero-order chi connectivity index (χ0) is 18.7. The third-order valence-corrected chi connectivity index (χ3v) is 3.81. The van der Waals surface area contributed by atoms with Crippen LogP contribution in [0.4, 0.5) is 0 Å². The topological polar surface area (TPSA) is 117 Å². The molecule has 3 rings (SSSR count). The van der Waals surface area contributed by atoms with Crippen LogP contribution in [0.25, 0.3) is 5.57 Å². The molecule has 0 spiro atoms. The number of carbonyl (C=O) groups is 2. The minimum absolute atomic E-state index is 0.137. The molecule has 2 aromatic rings. The van der Waals surface area contributed by atoms with Gasteiger partial charge in [-0.3, -0.25) is 18.7 Å². The lowest BCUT2D eigenvalue weighted by Gasteiger charge is -2.18. The van der Waals surface area contributed by atoms with Crippen LogP contribution < -0.4 is 0 Å². The lowest BCUT2D eigenvalue weighted by Crippen LogP contribution is -2.21. The Morgan fingerprint density at radius 1 is 0.960 bits per heavy atom. The standard InChI is InChI=1S/C17H14N2O2.H2O3S/c1-9-8-18-17(19-11(9)3)14-10(2)15(20)12-6-4-5-7-13(12)16(14)21;1-4(2)3/h4-8H,1-3H3;(H2,1,2,3). The Hall–Kier alpha value is -2.55. The van der Waals surface area contributed by atoms with Gasteiger partial charge in [-0.25, -0.2) is 9.97 Å². The van der Waals surface area contributed by atoms with Crippen molar-refractivity contribution in [1.29, 1.82) is 0 Å². The van der Waals surface area contributed by atoms with E-state index in [-0.39, 0.29) is 11.6 Å². The van der Waals surface area contributed by atoms with Crippen LogP contribution in [0.3, 0.4) is 0 Å². The van der Waals surface area contributed by atoms with Gasteiger partial charge in [-0.1, -0.05) is 24.3 Å². The van der Waals surface area contributed by atoms with E-state index in [0.717, 1.165) is 11.3 Å². The summed E-state index contributed by atoms with van der Waals surface area (Å²) in [6, 6.07) is 6.86. The minimum Gasteiger partial charge on any atom is -0.289 e. The molecule has 0 unspecified atom stereocenters. The third-order valence-electron chi connectivity index (χ3n) is 3.81. The first kappa shape index (κ1) is 18.8. The van der Waals surface area contributed by atoms with Crippen molar-refractivity contribution >= 4 is 28.5 Å². The van der Waals surface area contributed by atoms with Gasteiger partial charge in [0.1, 0.15) is 0 Å². The Kier molecular flexibility index (Phi) is 5.68. The maximum atomic E-state index is 12.7. The van der Waals surface area contributed by atoms with Crippen LogP contribution in [0.1, 0.15) is 44.7 Å². The van der Waals surface area contributed by atoms with Crippen molar-refractivity contribution in [2.45, 2.75) is 20.8 Å². The van der Waals surface area contributed by atoms with E-state index < -0.39 is 11.4 Å². The summed E-state index contributed by atoms with van der Waals surface area (Å²) < 4.78 is 22.8. The molecular weight excluding hydrogens is 344 g/mol. The quantitative estimate of drug-likeness (QED) is 0.751. The van der Waals surface area contributed by atoms with Gasteiger partial charge >= 0.3 is 0 Å². The number of fused-ring (bicyclic) bond motifs is 1. The highest BCUT2D eigenvalue weighted by Crippen LogP contribution is 2.30. The molecule has 0 saturated heterocycles. The summed E-state index contributed by atoms with van der Waals surface area (Å²) in [7, 11) is 0. The maximum absolute atomic E-state index is 12.7. The monoisotopic (exact) mass is 360 g/mol. The molecule has 1 aromatic carbocycles. The molecule has 0 aliphatic heterocycles. The second-order valence-electron chi connectivity index (χ2n) is 5.40. The molecule has 0 radical (unpaired) electrons. The summed E-state index contributed by atoms with van der Waals surface area (Å²) in [5.41, 5.74) is 3.34. The molecule has 0 bridgehead atoms. The van der Waals surface area contributed by atoms with Crippen LogP contribution in [0, 0.1) is 13.8 Å². The van der Waals surface area contributed by atoms with Gasteiger partial charge in [-0.05, 0) is 26.3 Å². The van der Waals surface area contributed by atoms with Gasteiger partial charge < -0.3 is 0 Å². The van der Waals surface area contributed by atoms with Crippen molar-refractivity contribution in [1.82, 2.24) is 9.97 Å². The summed E-state index contributed by atoms with van der Waals surface area (Å²) in [6.07, 6.45) is 1.68. The van der Waals surface area contributed by atoms with Gasteiger partial charge in [0.25, 0.3) is 11.4 Å². The molecule has 0 saturated carbocycles. The Morgan fingerprint density at radius 2 is 1.48 bits per heavy atom. The normalized spacial score (nSPS) is 13.5. The fourth-order valence-corrected chi connectivity index (χ4v) is 2.42.